The van der Waals surface area contributed by atoms with Gasteiger partial charge in [0, 0.05) is 17.7 Å². The van der Waals surface area contributed by atoms with Gasteiger partial charge < -0.3 is 9.25 Å². The van der Waals surface area contributed by atoms with E-state index in [0.29, 0.717) is 5.56 Å². The minimum atomic E-state index is -0.699. The summed E-state index contributed by atoms with van der Waals surface area (Å²) >= 11 is 0. The van der Waals surface area contributed by atoms with Gasteiger partial charge in [0.1, 0.15) is 0 Å². The van der Waals surface area contributed by atoms with Gasteiger partial charge in [-0.15, -0.1) is 0 Å². The fourth-order valence-electron chi connectivity index (χ4n) is 1.26. The molecule has 2 aromatic rings. The number of carbonyl (C=O) groups excluding carboxylic acids is 1. The van der Waals surface area contributed by atoms with Crippen LogP contribution in [0.4, 0.5) is 5.69 Å². The second-order valence-electron chi connectivity index (χ2n) is 3.47. The largest absolute Gasteiger partial charge is 0.472 e. The van der Waals surface area contributed by atoms with E-state index in [4.69, 9.17) is 4.42 Å². The van der Waals surface area contributed by atoms with Crippen molar-refractivity contribution in [3.63, 3.8) is 0 Å². The van der Waals surface area contributed by atoms with E-state index in [9.17, 15) is 14.9 Å². The van der Waals surface area contributed by atoms with Crippen molar-refractivity contribution in [2.24, 2.45) is 5.16 Å². The highest BCUT2D eigenvalue weighted by molar-refractivity contribution is 5.90. The van der Waals surface area contributed by atoms with E-state index in [1.807, 2.05) is 0 Å². The Morgan fingerprint density at radius 2 is 2.05 bits per heavy atom. The monoisotopic (exact) mass is 260 g/mol. The van der Waals surface area contributed by atoms with Gasteiger partial charge in [0.15, 0.2) is 0 Å². The number of rotatable bonds is 4. The maximum Gasteiger partial charge on any atom is 0.365 e. The van der Waals surface area contributed by atoms with Crippen LogP contribution in [-0.4, -0.2) is 17.1 Å². The van der Waals surface area contributed by atoms with E-state index in [1.54, 1.807) is 6.07 Å². The number of nitro groups is 1. The van der Waals surface area contributed by atoms with Gasteiger partial charge in [0.05, 0.1) is 29.2 Å². The van der Waals surface area contributed by atoms with Crippen LogP contribution in [0.25, 0.3) is 0 Å². The summed E-state index contributed by atoms with van der Waals surface area (Å²) in [4.78, 5) is 26.0. The highest BCUT2D eigenvalue weighted by atomic mass is 16.7. The Hall–Kier alpha value is -2.96. The van der Waals surface area contributed by atoms with Crippen molar-refractivity contribution in [2.45, 2.75) is 0 Å². The molecular formula is C12H8N2O5. The number of non-ortho nitro benzene ring substituents is 1. The number of nitro benzene ring substituents is 1. The summed E-state index contributed by atoms with van der Waals surface area (Å²) in [7, 11) is 0. The van der Waals surface area contributed by atoms with Crippen molar-refractivity contribution in [1.82, 2.24) is 0 Å². The standard InChI is InChI=1S/C12H8N2O5/c15-12(19-13-7-9-5-6-18-8-9)10-1-3-11(4-2-10)14(16)17/h1-8H. The quantitative estimate of drug-likeness (QED) is 0.364. The number of furan rings is 1. The lowest BCUT2D eigenvalue weighted by molar-refractivity contribution is -0.384. The smallest absolute Gasteiger partial charge is 0.365 e. The van der Waals surface area contributed by atoms with Crippen molar-refractivity contribution in [2.75, 3.05) is 0 Å². The van der Waals surface area contributed by atoms with Crippen molar-refractivity contribution >= 4 is 17.9 Å². The van der Waals surface area contributed by atoms with Crippen LogP contribution in [0.3, 0.4) is 0 Å². The number of nitrogens with zero attached hydrogens (tertiary/aromatic N) is 2. The minimum Gasteiger partial charge on any atom is -0.472 e. The lowest BCUT2D eigenvalue weighted by Crippen LogP contribution is -2.01. The van der Waals surface area contributed by atoms with Crippen LogP contribution in [0.1, 0.15) is 15.9 Å². The molecule has 0 aliphatic carbocycles. The fourth-order valence-corrected chi connectivity index (χ4v) is 1.26. The molecule has 96 valence electrons. The topological polar surface area (TPSA) is 94.9 Å². The molecule has 7 nitrogen and oxygen atoms in total. The molecule has 0 aliphatic heterocycles. The van der Waals surface area contributed by atoms with E-state index in [-0.39, 0.29) is 11.3 Å². The van der Waals surface area contributed by atoms with Gasteiger partial charge in [0.25, 0.3) is 5.69 Å². The molecule has 1 heterocycles. The van der Waals surface area contributed by atoms with Crippen molar-refractivity contribution in [1.29, 1.82) is 0 Å². The molecule has 2 rings (SSSR count). The molecule has 0 N–H and O–H groups in total. The zero-order valence-electron chi connectivity index (χ0n) is 9.55. The fraction of sp³-hybridized carbons (Fsp3) is 0. The maximum absolute atomic E-state index is 11.5. The van der Waals surface area contributed by atoms with Gasteiger partial charge in [-0.1, -0.05) is 5.16 Å². The molecule has 0 atom stereocenters. The van der Waals surface area contributed by atoms with Crippen molar-refractivity contribution in [3.8, 4) is 0 Å². The van der Waals surface area contributed by atoms with Crippen LogP contribution in [0.5, 0.6) is 0 Å². The van der Waals surface area contributed by atoms with E-state index >= 15 is 0 Å². The van der Waals surface area contributed by atoms with Crippen molar-refractivity contribution < 1.29 is 19.0 Å². The maximum atomic E-state index is 11.5. The SMILES string of the molecule is O=C(ON=Cc1ccoc1)c1ccc([N+](=O)[O-])cc1. The van der Waals surface area contributed by atoms with E-state index in [1.165, 1.54) is 43.0 Å². The van der Waals surface area contributed by atoms with Gasteiger partial charge in [-0.25, -0.2) is 4.79 Å². The summed E-state index contributed by atoms with van der Waals surface area (Å²) in [6, 6.07) is 6.68. The molecule has 0 spiro atoms. The number of benzene rings is 1. The second kappa shape index (κ2) is 5.58. The Kier molecular flexibility index (Phi) is 3.67. The van der Waals surface area contributed by atoms with E-state index < -0.39 is 10.9 Å². The summed E-state index contributed by atoms with van der Waals surface area (Å²) in [5.74, 6) is -0.699. The van der Waals surface area contributed by atoms with E-state index in [2.05, 4.69) is 9.99 Å². The normalized spacial score (nSPS) is 10.5. The number of carbonyl (C=O) groups is 1. The lowest BCUT2D eigenvalue weighted by atomic mass is 10.2. The Morgan fingerprint density at radius 3 is 2.63 bits per heavy atom. The molecule has 0 fully saturated rings. The predicted octanol–water partition coefficient (Wildman–Crippen LogP) is 2.38. The average Bonchev–Trinajstić information content (AvgIpc) is 2.92. The third-order valence-electron chi connectivity index (χ3n) is 2.19. The van der Waals surface area contributed by atoms with Gasteiger partial charge in [0.2, 0.25) is 0 Å². The Labute approximate surface area is 107 Å². The molecule has 0 saturated heterocycles. The first-order valence-electron chi connectivity index (χ1n) is 5.18. The molecule has 1 aromatic heterocycles. The first kappa shape index (κ1) is 12.5. The first-order chi connectivity index (χ1) is 9.16. The summed E-state index contributed by atoms with van der Waals surface area (Å²) in [5.41, 5.74) is 0.727. The Bertz CT molecular complexity index is 602. The van der Waals surface area contributed by atoms with Gasteiger partial charge in [-0.3, -0.25) is 10.1 Å². The van der Waals surface area contributed by atoms with Gasteiger partial charge in [-0.05, 0) is 18.2 Å². The van der Waals surface area contributed by atoms with Crippen LogP contribution < -0.4 is 0 Å². The first-order valence-corrected chi connectivity index (χ1v) is 5.18. The zero-order valence-corrected chi connectivity index (χ0v) is 9.55. The van der Waals surface area contributed by atoms with Crippen molar-refractivity contribution in [3.05, 3.63) is 64.1 Å². The molecule has 0 amide bonds. The highest BCUT2D eigenvalue weighted by Crippen LogP contribution is 2.12. The number of oxime groups is 1. The molecular weight excluding hydrogens is 252 g/mol. The molecule has 1 aromatic carbocycles. The molecule has 0 radical (unpaired) electrons. The third kappa shape index (κ3) is 3.25. The minimum absolute atomic E-state index is 0.0987. The molecule has 0 unspecified atom stereocenters. The molecule has 19 heavy (non-hydrogen) atoms. The predicted molar refractivity (Wildman–Crippen MR) is 64.8 cm³/mol. The molecule has 0 bridgehead atoms. The molecule has 7 heteroatoms. The van der Waals surface area contributed by atoms with E-state index in [0.717, 1.165) is 0 Å². The second-order valence-corrected chi connectivity index (χ2v) is 3.47. The van der Waals surface area contributed by atoms with Gasteiger partial charge >= 0.3 is 5.97 Å². The average molecular weight is 260 g/mol. The zero-order chi connectivity index (χ0) is 13.7. The molecule has 0 saturated carbocycles. The lowest BCUT2D eigenvalue weighted by Gasteiger charge is -1.97. The third-order valence-corrected chi connectivity index (χ3v) is 2.19. The van der Waals surface area contributed by atoms with Crippen LogP contribution in [0.15, 0.2) is 52.4 Å². The van der Waals surface area contributed by atoms with Crippen LogP contribution in [0, 0.1) is 10.1 Å². The van der Waals surface area contributed by atoms with Gasteiger partial charge in [-0.2, -0.15) is 0 Å². The number of hydrogen-bond donors (Lipinski definition) is 0. The molecule has 0 aliphatic rings. The van der Waals surface area contributed by atoms with Crippen LogP contribution in [-0.2, 0) is 4.84 Å². The summed E-state index contributed by atoms with van der Waals surface area (Å²) in [5, 5.41) is 13.9. The Balaban J connectivity index is 1.98. The summed E-state index contributed by atoms with van der Waals surface area (Å²) in [6.07, 6.45) is 4.20. The number of hydrogen-bond acceptors (Lipinski definition) is 6. The Morgan fingerprint density at radius 1 is 1.32 bits per heavy atom. The van der Waals surface area contributed by atoms with Crippen LogP contribution >= 0.6 is 0 Å². The van der Waals surface area contributed by atoms with Crippen LogP contribution in [0.2, 0.25) is 0 Å². The highest BCUT2D eigenvalue weighted by Gasteiger charge is 2.10. The summed E-state index contributed by atoms with van der Waals surface area (Å²) in [6.45, 7) is 0. The summed E-state index contributed by atoms with van der Waals surface area (Å²) < 4.78 is 4.80.